The molecular weight excluding hydrogens is 240 g/mol. The first-order valence-corrected chi connectivity index (χ1v) is 7.32. The first kappa shape index (κ1) is 14.3. The van der Waals surface area contributed by atoms with E-state index in [0.29, 0.717) is 0 Å². The van der Waals surface area contributed by atoms with Gasteiger partial charge in [0.05, 0.1) is 0 Å². The second-order valence-electron chi connectivity index (χ2n) is 4.95. The van der Waals surface area contributed by atoms with E-state index in [0.717, 1.165) is 6.42 Å². The minimum absolute atomic E-state index is 1.16. The van der Waals surface area contributed by atoms with E-state index in [1.165, 1.54) is 28.7 Å². The van der Waals surface area contributed by atoms with E-state index < -0.39 is 0 Å². The Morgan fingerprint density at radius 1 is 0.800 bits per heavy atom. The Kier molecular flexibility index (Phi) is 5.37. The van der Waals surface area contributed by atoms with Gasteiger partial charge < -0.3 is 0 Å². The van der Waals surface area contributed by atoms with Crippen LogP contribution in [-0.4, -0.2) is 0 Å². The normalized spacial score (nSPS) is 11.5. The summed E-state index contributed by atoms with van der Waals surface area (Å²) in [6.45, 7) is 4.24. The fourth-order valence-electron chi connectivity index (χ4n) is 2.22. The van der Waals surface area contributed by atoms with Crippen LogP contribution in [0.5, 0.6) is 0 Å². The van der Waals surface area contributed by atoms with E-state index in [1.54, 1.807) is 0 Å². The zero-order chi connectivity index (χ0) is 14.2. The number of hydrogen-bond acceptors (Lipinski definition) is 0. The van der Waals surface area contributed by atoms with Crippen molar-refractivity contribution in [2.45, 2.75) is 26.7 Å². The average Bonchev–Trinajstić information content (AvgIpc) is 2.49. The number of allylic oxidation sites excluding steroid dienone is 3. The van der Waals surface area contributed by atoms with E-state index in [9.17, 15) is 0 Å². The maximum atomic E-state index is 2.23. The standard InChI is InChI=1S/C20H22/c1-3-5-6-8-18-11-15-20(16-12-18)19-13-9-17(7-4-2)10-14-19/h3,5-6,8-16H,4,7H2,1-2H3/b5-3+,8-6+. The van der Waals surface area contributed by atoms with Crippen molar-refractivity contribution in [2.75, 3.05) is 0 Å². The second kappa shape index (κ2) is 7.49. The van der Waals surface area contributed by atoms with Crippen molar-refractivity contribution in [1.82, 2.24) is 0 Å². The summed E-state index contributed by atoms with van der Waals surface area (Å²) in [4.78, 5) is 0. The van der Waals surface area contributed by atoms with E-state index in [4.69, 9.17) is 0 Å². The minimum atomic E-state index is 1.16. The van der Waals surface area contributed by atoms with Crippen LogP contribution in [0.2, 0.25) is 0 Å². The molecule has 0 amide bonds. The molecule has 102 valence electrons. The fraction of sp³-hybridized carbons (Fsp3) is 0.200. The molecular formula is C20H22. The van der Waals surface area contributed by atoms with Gasteiger partial charge in [-0.2, -0.15) is 0 Å². The molecule has 2 aromatic carbocycles. The van der Waals surface area contributed by atoms with Crippen molar-refractivity contribution < 1.29 is 0 Å². The molecule has 0 bridgehead atoms. The van der Waals surface area contributed by atoms with Crippen LogP contribution >= 0.6 is 0 Å². The molecule has 0 aliphatic heterocycles. The molecule has 0 heterocycles. The van der Waals surface area contributed by atoms with Crippen molar-refractivity contribution >= 4 is 6.08 Å². The molecule has 0 saturated heterocycles. The molecule has 0 aromatic heterocycles. The molecule has 0 fully saturated rings. The van der Waals surface area contributed by atoms with Gasteiger partial charge in [0, 0.05) is 0 Å². The molecule has 0 radical (unpaired) electrons. The molecule has 0 atom stereocenters. The van der Waals surface area contributed by atoms with Gasteiger partial charge in [0.1, 0.15) is 0 Å². The van der Waals surface area contributed by atoms with Crippen LogP contribution in [0.25, 0.3) is 17.2 Å². The van der Waals surface area contributed by atoms with Gasteiger partial charge >= 0.3 is 0 Å². The molecule has 0 saturated carbocycles. The summed E-state index contributed by atoms with van der Waals surface area (Å²) in [5, 5.41) is 0. The third kappa shape index (κ3) is 3.96. The predicted molar refractivity (Wildman–Crippen MR) is 89.7 cm³/mol. The molecule has 2 rings (SSSR count). The minimum Gasteiger partial charge on any atom is -0.0877 e. The van der Waals surface area contributed by atoms with Gasteiger partial charge in [-0.3, -0.25) is 0 Å². The molecule has 0 spiro atoms. The summed E-state index contributed by atoms with van der Waals surface area (Å²) < 4.78 is 0. The van der Waals surface area contributed by atoms with Gasteiger partial charge in [-0.15, -0.1) is 0 Å². The van der Waals surface area contributed by atoms with E-state index >= 15 is 0 Å². The third-order valence-corrected chi connectivity index (χ3v) is 3.33. The zero-order valence-electron chi connectivity index (χ0n) is 12.3. The van der Waals surface area contributed by atoms with Crippen LogP contribution in [0, 0.1) is 0 Å². The second-order valence-corrected chi connectivity index (χ2v) is 4.95. The third-order valence-electron chi connectivity index (χ3n) is 3.33. The predicted octanol–water partition coefficient (Wildman–Crippen LogP) is 5.90. The highest BCUT2D eigenvalue weighted by atomic mass is 14.0. The Labute approximate surface area is 122 Å². The van der Waals surface area contributed by atoms with E-state index in [-0.39, 0.29) is 0 Å². The molecule has 0 N–H and O–H groups in total. The van der Waals surface area contributed by atoms with Crippen LogP contribution in [-0.2, 0) is 6.42 Å². The quantitative estimate of drug-likeness (QED) is 0.589. The summed E-state index contributed by atoms with van der Waals surface area (Å²) in [6.07, 6.45) is 10.6. The van der Waals surface area contributed by atoms with Gasteiger partial charge in [-0.1, -0.05) is 86.2 Å². The summed E-state index contributed by atoms with van der Waals surface area (Å²) in [5.41, 5.74) is 5.21. The number of aryl methyl sites for hydroxylation is 1. The summed E-state index contributed by atoms with van der Waals surface area (Å²) in [5.74, 6) is 0. The Morgan fingerprint density at radius 3 is 1.95 bits per heavy atom. The lowest BCUT2D eigenvalue weighted by atomic mass is 10.0. The van der Waals surface area contributed by atoms with E-state index in [2.05, 4.69) is 67.6 Å². The molecule has 2 aromatic rings. The highest BCUT2D eigenvalue weighted by Crippen LogP contribution is 2.21. The Bertz CT molecular complexity index is 568. The molecule has 0 unspecified atom stereocenters. The monoisotopic (exact) mass is 262 g/mol. The van der Waals surface area contributed by atoms with Gasteiger partial charge in [0.25, 0.3) is 0 Å². The smallest absolute Gasteiger partial charge is 0.0184 e. The summed E-state index contributed by atoms with van der Waals surface area (Å²) in [7, 11) is 0. The number of hydrogen-bond donors (Lipinski definition) is 0. The first-order chi connectivity index (χ1) is 9.83. The van der Waals surface area contributed by atoms with Gasteiger partial charge in [0.2, 0.25) is 0 Å². The lowest BCUT2D eigenvalue weighted by molar-refractivity contribution is 0.922. The van der Waals surface area contributed by atoms with Crippen LogP contribution < -0.4 is 0 Å². The Hall–Kier alpha value is -2.08. The van der Waals surface area contributed by atoms with Gasteiger partial charge in [-0.25, -0.2) is 0 Å². The van der Waals surface area contributed by atoms with Crippen molar-refractivity contribution in [3.63, 3.8) is 0 Å². The lowest BCUT2D eigenvalue weighted by Crippen LogP contribution is -1.83. The van der Waals surface area contributed by atoms with Crippen molar-refractivity contribution in [3.05, 3.63) is 77.9 Å². The van der Waals surface area contributed by atoms with Crippen molar-refractivity contribution in [1.29, 1.82) is 0 Å². The van der Waals surface area contributed by atoms with Crippen molar-refractivity contribution in [2.24, 2.45) is 0 Å². The average molecular weight is 262 g/mol. The van der Waals surface area contributed by atoms with Crippen molar-refractivity contribution in [3.8, 4) is 11.1 Å². The Morgan fingerprint density at radius 2 is 1.40 bits per heavy atom. The van der Waals surface area contributed by atoms with Crippen LogP contribution in [0.15, 0.2) is 66.8 Å². The highest BCUT2D eigenvalue weighted by Gasteiger charge is 1.98. The SMILES string of the molecule is C/C=C/C=C/c1ccc(-c2ccc(CCC)cc2)cc1. The largest absolute Gasteiger partial charge is 0.0877 e. The summed E-state index contributed by atoms with van der Waals surface area (Å²) in [6, 6.07) is 17.6. The zero-order valence-corrected chi connectivity index (χ0v) is 12.3. The Balaban J connectivity index is 2.13. The molecule has 20 heavy (non-hydrogen) atoms. The molecule has 0 aliphatic carbocycles. The topological polar surface area (TPSA) is 0 Å². The fourth-order valence-corrected chi connectivity index (χ4v) is 2.22. The van der Waals surface area contributed by atoms with Crippen LogP contribution in [0.4, 0.5) is 0 Å². The summed E-state index contributed by atoms with van der Waals surface area (Å²) >= 11 is 0. The number of benzene rings is 2. The maximum Gasteiger partial charge on any atom is -0.0184 e. The lowest BCUT2D eigenvalue weighted by Gasteiger charge is -2.04. The van der Waals surface area contributed by atoms with Gasteiger partial charge in [0.15, 0.2) is 0 Å². The maximum absolute atomic E-state index is 2.23. The number of rotatable bonds is 5. The van der Waals surface area contributed by atoms with Crippen LogP contribution in [0.1, 0.15) is 31.4 Å². The molecule has 0 heteroatoms. The molecule has 0 nitrogen and oxygen atoms in total. The van der Waals surface area contributed by atoms with Gasteiger partial charge in [-0.05, 0) is 35.6 Å². The molecule has 0 aliphatic rings. The first-order valence-electron chi connectivity index (χ1n) is 7.32. The van der Waals surface area contributed by atoms with E-state index in [1.807, 2.05) is 19.1 Å². The highest BCUT2D eigenvalue weighted by molar-refractivity contribution is 5.66. The van der Waals surface area contributed by atoms with Crippen LogP contribution in [0.3, 0.4) is 0 Å².